The molecule has 0 unspecified atom stereocenters. The van der Waals surface area contributed by atoms with Crippen molar-refractivity contribution in [3.63, 3.8) is 0 Å². The number of carbonyl (C=O) groups is 1. The number of aromatic nitrogens is 2. The fourth-order valence-electron chi connectivity index (χ4n) is 2.18. The van der Waals surface area contributed by atoms with Crippen molar-refractivity contribution in [3.05, 3.63) is 76.2 Å². The van der Waals surface area contributed by atoms with E-state index in [1.54, 1.807) is 30.3 Å². The van der Waals surface area contributed by atoms with E-state index in [0.717, 1.165) is 11.3 Å². The van der Waals surface area contributed by atoms with Gasteiger partial charge in [-0.1, -0.05) is 29.3 Å². The third kappa shape index (κ3) is 4.47. The zero-order chi connectivity index (χ0) is 17.8. The van der Waals surface area contributed by atoms with Crippen LogP contribution in [0.2, 0.25) is 10.0 Å². The van der Waals surface area contributed by atoms with E-state index < -0.39 is 0 Å². The molecular weight excluding hydrogens is 359 g/mol. The molecule has 0 saturated heterocycles. The molecule has 3 aromatic rings. The second-order valence-electron chi connectivity index (χ2n) is 5.34. The summed E-state index contributed by atoms with van der Waals surface area (Å²) in [6.45, 7) is 1.87. The summed E-state index contributed by atoms with van der Waals surface area (Å²) >= 11 is 11.9. The van der Waals surface area contributed by atoms with Gasteiger partial charge in [0.1, 0.15) is 11.5 Å². The number of amides is 1. The lowest BCUT2D eigenvalue weighted by atomic mass is 10.2. The minimum atomic E-state index is -0.341. The molecule has 1 heterocycles. The predicted molar refractivity (Wildman–Crippen MR) is 101 cm³/mol. The van der Waals surface area contributed by atoms with Crippen molar-refractivity contribution >= 4 is 46.3 Å². The van der Waals surface area contributed by atoms with Crippen LogP contribution in [0.25, 0.3) is 0 Å². The lowest BCUT2D eigenvalue weighted by Gasteiger charge is -2.09. The first-order valence-electron chi connectivity index (χ1n) is 7.43. The quantitative estimate of drug-likeness (QED) is 0.669. The minimum absolute atomic E-state index is 0.214. The summed E-state index contributed by atoms with van der Waals surface area (Å²) in [5.41, 5.74) is 2.55. The van der Waals surface area contributed by atoms with Crippen molar-refractivity contribution in [2.24, 2.45) is 0 Å². The maximum Gasteiger partial charge on any atom is 0.275 e. The van der Waals surface area contributed by atoms with Crippen LogP contribution in [0, 0.1) is 6.92 Å². The maximum absolute atomic E-state index is 12.3. The summed E-state index contributed by atoms with van der Waals surface area (Å²) in [5, 5.41) is 7.10. The average molecular weight is 373 g/mol. The van der Waals surface area contributed by atoms with Crippen LogP contribution in [0.5, 0.6) is 0 Å². The van der Waals surface area contributed by atoms with Gasteiger partial charge in [0.15, 0.2) is 0 Å². The van der Waals surface area contributed by atoms with Crippen LogP contribution in [0.3, 0.4) is 0 Å². The molecule has 1 amide bonds. The number of anilines is 3. The number of hydrogen-bond acceptors (Lipinski definition) is 4. The van der Waals surface area contributed by atoms with Crippen LogP contribution in [-0.4, -0.2) is 15.9 Å². The number of rotatable bonds is 4. The molecule has 2 aromatic carbocycles. The Balaban J connectivity index is 1.70. The summed E-state index contributed by atoms with van der Waals surface area (Å²) in [6.07, 6.45) is 2.90. The van der Waals surface area contributed by atoms with Crippen LogP contribution in [0.1, 0.15) is 16.1 Å². The predicted octanol–water partition coefficient (Wildman–Crippen LogP) is 5.09. The van der Waals surface area contributed by atoms with Gasteiger partial charge < -0.3 is 10.6 Å². The van der Waals surface area contributed by atoms with Gasteiger partial charge >= 0.3 is 0 Å². The molecule has 0 atom stereocenters. The lowest BCUT2D eigenvalue weighted by molar-refractivity contribution is 0.102. The maximum atomic E-state index is 12.3. The second-order valence-corrected chi connectivity index (χ2v) is 6.21. The van der Waals surface area contributed by atoms with Crippen LogP contribution >= 0.6 is 23.2 Å². The molecule has 0 saturated carbocycles. The molecule has 0 spiro atoms. The SMILES string of the molecule is Cc1cc(Cl)ccc1NC(=O)c1cnc(Nc2cccc(Cl)c2)cn1. The Morgan fingerprint density at radius 2 is 1.80 bits per heavy atom. The molecule has 2 N–H and O–H groups in total. The molecule has 1 aromatic heterocycles. The van der Waals surface area contributed by atoms with Crippen molar-refractivity contribution in [1.82, 2.24) is 9.97 Å². The molecule has 126 valence electrons. The summed E-state index contributed by atoms with van der Waals surface area (Å²) < 4.78 is 0. The molecular formula is C18H14Cl2N4O. The van der Waals surface area contributed by atoms with Crippen LogP contribution in [0.4, 0.5) is 17.2 Å². The summed E-state index contributed by atoms with van der Waals surface area (Å²) in [7, 11) is 0. The Labute approximate surface area is 155 Å². The first-order valence-corrected chi connectivity index (χ1v) is 8.19. The molecule has 3 rings (SSSR count). The van der Waals surface area contributed by atoms with Gasteiger partial charge in [0.2, 0.25) is 0 Å². The smallest absolute Gasteiger partial charge is 0.275 e. The zero-order valence-electron chi connectivity index (χ0n) is 13.3. The van der Waals surface area contributed by atoms with E-state index in [1.807, 2.05) is 19.1 Å². The lowest BCUT2D eigenvalue weighted by Crippen LogP contribution is -2.15. The zero-order valence-corrected chi connectivity index (χ0v) is 14.8. The first kappa shape index (κ1) is 17.2. The Kier molecular flexibility index (Phi) is 5.16. The van der Waals surface area contributed by atoms with Gasteiger partial charge in [-0.3, -0.25) is 4.79 Å². The fraction of sp³-hybridized carbons (Fsp3) is 0.0556. The number of nitrogens with one attached hydrogen (secondary N) is 2. The molecule has 0 fully saturated rings. The van der Waals surface area contributed by atoms with Gasteiger partial charge in [-0.15, -0.1) is 0 Å². The molecule has 7 heteroatoms. The molecule has 25 heavy (non-hydrogen) atoms. The second kappa shape index (κ2) is 7.51. The normalized spacial score (nSPS) is 10.4. The van der Waals surface area contributed by atoms with Crippen LogP contribution in [-0.2, 0) is 0 Å². The summed E-state index contributed by atoms with van der Waals surface area (Å²) in [5.74, 6) is 0.175. The third-order valence-electron chi connectivity index (χ3n) is 3.42. The highest BCUT2D eigenvalue weighted by molar-refractivity contribution is 6.31. The molecule has 0 bridgehead atoms. The van der Waals surface area contributed by atoms with E-state index in [-0.39, 0.29) is 11.6 Å². The molecule has 0 radical (unpaired) electrons. The molecule has 0 aliphatic rings. The molecule has 0 aliphatic carbocycles. The number of nitrogens with zero attached hydrogens (tertiary/aromatic N) is 2. The van der Waals surface area contributed by atoms with Gasteiger partial charge in [0.05, 0.1) is 12.4 Å². The Bertz CT molecular complexity index is 913. The first-order chi connectivity index (χ1) is 12.0. The van der Waals surface area contributed by atoms with E-state index in [9.17, 15) is 4.79 Å². The topological polar surface area (TPSA) is 66.9 Å². The third-order valence-corrected chi connectivity index (χ3v) is 3.89. The van der Waals surface area contributed by atoms with Crippen molar-refractivity contribution < 1.29 is 4.79 Å². The van der Waals surface area contributed by atoms with Crippen molar-refractivity contribution in [3.8, 4) is 0 Å². The van der Waals surface area contributed by atoms with Gasteiger partial charge in [0.25, 0.3) is 5.91 Å². The van der Waals surface area contributed by atoms with E-state index >= 15 is 0 Å². The van der Waals surface area contributed by atoms with E-state index in [1.165, 1.54) is 12.4 Å². The highest BCUT2D eigenvalue weighted by Crippen LogP contribution is 2.21. The van der Waals surface area contributed by atoms with Gasteiger partial charge in [-0.25, -0.2) is 9.97 Å². The monoisotopic (exact) mass is 372 g/mol. The number of hydrogen-bond donors (Lipinski definition) is 2. The number of aryl methyl sites for hydroxylation is 1. The largest absolute Gasteiger partial charge is 0.339 e. The standard InChI is InChI=1S/C18H14Cl2N4O/c1-11-7-13(20)5-6-15(11)24-18(25)16-9-22-17(10-21-16)23-14-4-2-3-12(19)8-14/h2-10H,1H3,(H,22,23)(H,24,25). The van der Waals surface area contributed by atoms with E-state index in [2.05, 4.69) is 20.6 Å². The Morgan fingerprint density at radius 3 is 2.48 bits per heavy atom. The summed E-state index contributed by atoms with van der Waals surface area (Å²) in [6, 6.07) is 12.5. The van der Waals surface area contributed by atoms with Crippen molar-refractivity contribution in [1.29, 1.82) is 0 Å². The highest BCUT2D eigenvalue weighted by atomic mass is 35.5. The minimum Gasteiger partial charge on any atom is -0.339 e. The van der Waals surface area contributed by atoms with Crippen molar-refractivity contribution in [2.45, 2.75) is 6.92 Å². The molecule has 0 aliphatic heterocycles. The van der Waals surface area contributed by atoms with E-state index in [4.69, 9.17) is 23.2 Å². The molecule has 5 nitrogen and oxygen atoms in total. The van der Waals surface area contributed by atoms with E-state index in [0.29, 0.717) is 21.6 Å². The number of carbonyl (C=O) groups excluding carboxylic acids is 1. The Hall–Kier alpha value is -2.63. The highest BCUT2D eigenvalue weighted by Gasteiger charge is 2.10. The average Bonchev–Trinajstić information content (AvgIpc) is 2.58. The van der Waals surface area contributed by atoms with Crippen LogP contribution in [0.15, 0.2) is 54.9 Å². The fourth-order valence-corrected chi connectivity index (χ4v) is 2.59. The van der Waals surface area contributed by atoms with Gasteiger partial charge in [-0.2, -0.15) is 0 Å². The number of benzene rings is 2. The number of halogens is 2. The van der Waals surface area contributed by atoms with Crippen molar-refractivity contribution in [2.75, 3.05) is 10.6 Å². The van der Waals surface area contributed by atoms with Crippen LogP contribution < -0.4 is 10.6 Å². The van der Waals surface area contributed by atoms with Gasteiger partial charge in [-0.05, 0) is 48.9 Å². The Morgan fingerprint density at radius 1 is 1.00 bits per heavy atom. The summed E-state index contributed by atoms with van der Waals surface area (Å²) in [4.78, 5) is 20.6. The van der Waals surface area contributed by atoms with Gasteiger partial charge in [0, 0.05) is 21.4 Å².